The Morgan fingerprint density at radius 3 is 2.64 bits per heavy atom. The number of Topliss-reactive ketones (excluding diaryl/α,β-unsaturated/α-hetero) is 1. The van der Waals surface area contributed by atoms with Crippen molar-refractivity contribution in [2.24, 2.45) is 0 Å². The summed E-state index contributed by atoms with van der Waals surface area (Å²) >= 11 is 0. The molecule has 0 aliphatic heterocycles. The van der Waals surface area contributed by atoms with Gasteiger partial charge < -0.3 is 5.11 Å². The number of nitro benzene ring substituents is 1. The Kier molecular flexibility index (Phi) is 2.81. The fourth-order valence-electron chi connectivity index (χ4n) is 1.15. The van der Waals surface area contributed by atoms with Gasteiger partial charge in [-0.25, -0.2) is 0 Å². The van der Waals surface area contributed by atoms with Gasteiger partial charge in [0.2, 0.25) is 0 Å². The molecule has 0 bridgehead atoms. The van der Waals surface area contributed by atoms with E-state index in [9.17, 15) is 14.9 Å². The molecular weight excluding hydrogens is 186 g/mol. The van der Waals surface area contributed by atoms with Crippen LogP contribution < -0.4 is 0 Å². The molecule has 1 aromatic carbocycles. The molecule has 0 saturated heterocycles. The Bertz CT molecular complexity index is 386. The summed E-state index contributed by atoms with van der Waals surface area (Å²) in [5.41, 5.74) is 0.241. The number of aromatic hydroxyl groups is 1. The smallest absolute Gasteiger partial charge is 0.273 e. The Balaban J connectivity index is 3.07. The second-order valence-electron chi connectivity index (χ2n) is 2.99. The highest BCUT2D eigenvalue weighted by atomic mass is 16.6. The van der Waals surface area contributed by atoms with Gasteiger partial charge in [-0.15, -0.1) is 0 Å². The number of nitro groups is 1. The topological polar surface area (TPSA) is 80.4 Å². The van der Waals surface area contributed by atoms with Crippen molar-refractivity contribution < 1.29 is 14.8 Å². The second kappa shape index (κ2) is 3.87. The van der Waals surface area contributed by atoms with E-state index in [1.165, 1.54) is 19.1 Å². The third-order valence-corrected chi connectivity index (χ3v) is 1.63. The quantitative estimate of drug-likeness (QED) is 0.584. The van der Waals surface area contributed by atoms with E-state index in [1.54, 1.807) is 0 Å². The minimum absolute atomic E-state index is 0.0925. The number of phenolic OH excluding ortho intramolecular Hbond substituents is 1. The fourth-order valence-corrected chi connectivity index (χ4v) is 1.15. The van der Waals surface area contributed by atoms with Crippen molar-refractivity contribution >= 4 is 11.5 Å². The first-order valence-corrected chi connectivity index (χ1v) is 3.96. The van der Waals surface area contributed by atoms with Crippen LogP contribution in [0, 0.1) is 10.1 Å². The maximum Gasteiger partial charge on any atom is 0.273 e. The monoisotopic (exact) mass is 195 g/mol. The standard InChI is InChI=1S/C9H9NO4/c1-6(11)2-7-3-8(10(13)14)5-9(12)4-7/h3-5,12H,2H2,1H3. The Morgan fingerprint density at radius 2 is 2.14 bits per heavy atom. The van der Waals surface area contributed by atoms with E-state index >= 15 is 0 Å². The molecule has 1 N–H and O–H groups in total. The lowest BCUT2D eigenvalue weighted by Crippen LogP contribution is -1.97. The zero-order chi connectivity index (χ0) is 10.7. The van der Waals surface area contributed by atoms with Crippen LogP contribution in [0.15, 0.2) is 18.2 Å². The van der Waals surface area contributed by atoms with Crippen molar-refractivity contribution in [3.05, 3.63) is 33.9 Å². The SMILES string of the molecule is CC(=O)Cc1cc(O)cc([N+](=O)[O-])c1. The van der Waals surface area contributed by atoms with Gasteiger partial charge in [0.05, 0.1) is 11.0 Å². The molecule has 0 atom stereocenters. The Labute approximate surface area is 80.1 Å². The number of ketones is 1. The number of phenols is 1. The van der Waals surface area contributed by atoms with Crippen molar-refractivity contribution in [2.75, 3.05) is 0 Å². The van der Waals surface area contributed by atoms with Crippen molar-refractivity contribution in [3.8, 4) is 5.75 Å². The van der Waals surface area contributed by atoms with Gasteiger partial charge in [-0.2, -0.15) is 0 Å². The van der Waals surface area contributed by atoms with Crippen molar-refractivity contribution in [2.45, 2.75) is 13.3 Å². The van der Waals surface area contributed by atoms with Gasteiger partial charge in [-0.1, -0.05) is 0 Å². The Morgan fingerprint density at radius 1 is 1.50 bits per heavy atom. The summed E-state index contributed by atoms with van der Waals surface area (Å²) in [5, 5.41) is 19.5. The van der Waals surface area contributed by atoms with Crippen molar-refractivity contribution in [1.29, 1.82) is 0 Å². The van der Waals surface area contributed by atoms with Gasteiger partial charge in [-0.05, 0) is 18.6 Å². The predicted molar refractivity (Wildman–Crippen MR) is 49.1 cm³/mol. The zero-order valence-electron chi connectivity index (χ0n) is 7.56. The maximum atomic E-state index is 10.8. The van der Waals surface area contributed by atoms with Crippen molar-refractivity contribution in [1.82, 2.24) is 0 Å². The van der Waals surface area contributed by atoms with Gasteiger partial charge >= 0.3 is 0 Å². The number of non-ortho nitro benzene ring substituents is 1. The molecule has 5 heteroatoms. The number of benzene rings is 1. The summed E-state index contributed by atoms with van der Waals surface area (Å²) in [6.07, 6.45) is 0.0925. The molecule has 5 nitrogen and oxygen atoms in total. The lowest BCUT2D eigenvalue weighted by Gasteiger charge is -1.99. The third-order valence-electron chi connectivity index (χ3n) is 1.63. The summed E-state index contributed by atoms with van der Waals surface area (Å²) in [6, 6.07) is 3.67. The van der Waals surface area contributed by atoms with Crippen LogP contribution in [0.1, 0.15) is 12.5 Å². The van der Waals surface area contributed by atoms with Gasteiger partial charge in [0.1, 0.15) is 11.5 Å². The average molecular weight is 195 g/mol. The van der Waals surface area contributed by atoms with E-state index in [0.717, 1.165) is 6.07 Å². The van der Waals surface area contributed by atoms with Crippen LogP contribution in [0.4, 0.5) is 5.69 Å². The van der Waals surface area contributed by atoms with E-state index in [-0.39, 0.29) is 23.6 Å². The minimum atomic E-state index is -0.608. The summed E-state index contributed by atoms with van der Waals surface area (Å²) in [4.78, 5) is 20.5. The Hall–Kier alpha value is -1.91. The number of carbonyl (C=O) groups is 1. The largest absolute Gasteiger partial charge is 0.508 e. The summed E-state index contributed by atoms with van der Waals surface area (Å²) in [7, 11) is 0. The van der Waals surface area contributed by atoms with E-state index in [4.69, 9.17) is 5.11 Å². The number of hydrogen-bond donors (Lipinski definition) is 1. The molecule has 14 heavy (non-hydrogen) atoms. The predicted octanol–water partition coefficient (Wildman–Crippen LogP) is 1.43. The normalized spacial score (nSPS) is 9.79. The van der Waals surface area contributed by atoms with Gasteiger partial charge in [-0.3, -0.25) is 14.9 Å². The number of nitrogens with zero attached hydrogens (tertiary/aromatic N) is 1. The lowest BCUT2D eigenvalue weighted by atomic mass is 10.1. The second-order valence-corrected chi connectivity index (χ2v) is 2.99. The molecule has 0 unspecified atom stereocenters. The van der Waals surface area contributed by atoms with Gasteiger partial charge in [0, 0.05) is 12.5 Å². The first-order valence-electron chi connectivity index (χ1n) is 3.96. The molecule has 0 heterocycles. The first kappa shape index (κ1) is 10.2. The fraction of sp³-hybridized carbons (Fsp3) is 0.222. The molecule has 1 rings (SSSR count). The molecule has 0 aliphatic carbocycles. The number of carbonyl (C=O) groups excluding carboxylic acids is 1. The minimum Gasteiger partial charge on any atom is -0.508 e. The highest BCUT2D eigenvalue weighted by Gasteiger charge is 2.09. The zero-order valence-corrected chi connectivity index (χ0v) is 7.56. The third kappa shape index (κ3) is 2.55. The van der Waals surface area contributed by atoms with Crippen LogP contribution in [0.5, 0.6) is 5.75 Å². The van der Waals surface area contributed by atoms with E-state index < -0.39 is 4.92 Å². The highest BCUT2D eigenvalue weighted by Crippen LogP contribution is 2.21. The van der Waals surface area contributed by atoms with Crippen LogP contribution in [-0.4, -0.2) is 15.8 Å². The molecule has 0 aliphatic rings. The van der Waals surface area contributed by atoms with E-state index in [1.807, 2.05) is 0 Å². The van der Waals surface area contributed by atoms with Crippen molar-refractivity contribution in [3.63, 3.8) is 0 Å². The molecule has 0 saturated carbocycles. The molecular formula is C9H9NO4. The van der Waals surface area contributed by atoms with Crippen LogP contribution in [0.3, 0.4) is 0 Å². The summed E-state index contributed by atoms with van der Waals surface area (Å²) in [6.45, 7) is 1.38. The molecule has 0 radical (unpaired) electrons. The molecule has 74 valence electrons. The first-order chi connectivity index (χ1) is 6.49. The summed E-state index contributed by atoms with van der Waals surface area (Å²) in [5.74, 6) is -0.305. The van der Waals surface area contributed by atoms with Crippen LogP contribution in [0.2, 0.25) is 0 Å². The highest BCUT2D eigenvalue weighted by molar-refractivity contribution is 5.78. The molecule has 0 fully saturated rings. The maximum absolute atomic E-state index is 10.8. The van der Waals surface area contributed by atoms with E-state index in [2.05, 4.69) is 0 Å². The van der Waals surface area contributed by atoms with Crippen LogP contribution in [0.25, 0.3) is 0 Å². The van der Waals surface area contributed by atoms with Crippen LogP contribution in [-0.2, 0) is 11.2 Å². The van der Waals surface area contributed by atoms with E-state index in [0.29, 0.717) is 5.56 Å². The summed E-state index contributed by atoms with van der Waals surface area (Å²) < 4.78 is 0. The molecule has 0 aromatic heterocycles. The number of rotatable bonds is 3. The lowest BCUT2D eigenvalue weighted by molar-refractivity contribution is -0.385. The molecule has 0 amide bonds. The van der Waals surface area contributed by atoms with Gasteiger partial charge in [0.25, 0.3) is 5.69 Å². The molecule has 0 spiro atoms. The average Bonchev–Trinajstić information content (AvgIpc) is 2.01. The molecule has 1 aromatic rings. The van der Waals surface area contributed by atoms with Gasteiger partial charge in [0.15, 0.2) is 0 Å². The number of hydrogen-bond acceptors (Lipinski definition) is 4. The van der Waals surface area contributed by atoms with Crippen LogP contribution >= 0.6 is 0 Å².